The summed E-state index contributed by atoms with van der Waals surface area (Å²) in [6.45, 7) is 0. The molecule has 2 rings (SSSR count). The molecule has 0 aliphatic carbocycles. The van der Waals surface area contributed by atoms with Gasteiger partial charge < -0.3 is 0 Å². The van der Waals surface area contributed by atoms with Crippen LogP contribution in [0.25, 0.3) is 10.8 Å². The number of hydrogen-bond acceptors (Lipinski definition) is 3. The van der Waals surface area contributed by atoms with Crippen LogP contribution in [-0.2, 0) is 10.1 Å². The number of rotatable bonds is 1. The molecule has 0 unspecified atom stereocenters. The molecular formula is C10H8O3S2. The Hall–Kier alpha value is -1.04. The molecule has 0 radical (unpaired) electrons. The van der Waals surface area contributed by atoms with Crippen LogP contribution in [-0.4, -0.2) is 13.0 Å². The number of benzene rings is 2. The zero-order valence-electron chi connectivity index (χ0n) is 7.58. The molecule has 2 aromatic carbocycles. The molecule has 0 aliphatic heterocycles. The summed E-state index contributed by atoms with van der Waals surface area (Å²) >= 11 is 4.12. The van der Waals surface area contributed by atoms with E-state index in [2.05, 4.69) is 12.6 Å². The molecule has 0 heterocycles. The SMILES string of the molecule is O=S(=O)(O)c1ccc2ccccc2c1S. The van der Waals surface area contributed by atoms with Crippen molar-refractivity contribution in [2.75, 3.05) is 0 Å². The maximum Gasteiger partial charge on any atom is 0.295 e. The Bertz CT molecular complexity index is 618. The molecule has 0 bridgehead atoms. The van der Waals surface area contributed by atoms with Gasteiger partial charge in [-0.1, -0.05) is 30.3 Å². The average Bonchev–Trinajstić information content (AvgIpc) is 2.16. The van der Waals surface area contributed by atoms with Crippen LogP contribution >= 0.6 is 12.6 Å². The average molecular weight is 240 g/mol. The fourth-order valence-corrected chi connectivity index (χ4v) is 2.66. The third-order valence-electron chi connectivity index (χ3n) is 2.14. The van der Waals surface area contributed by atoms with Gasteiger partial charge in [-0.05, 0) is 16.8 Å². The van der Waals surface area contributed by atoms with E-state index in [1.807, 2.05) is 12.1 Å². The molecule has 0 saturated carbocycles. The van der Waals surface area contributed by atoms with Gasteiger partial charge in [0.05, 0.1) is 0 Å². The van der Waals surface area contributed by atoms with Crippen molar-refractivity contribution in [1.29, 1.82) is 0 Å². The van der Waals surface area contributed by atoms with Crippen molar-refractivity contribution in [3.63, 3.8) is 0 Å². The smallest absolute Gasteiger partial charge is 0.282 e. The van der Waals surface area contributed by atoms with Crippen molar-refractivity contribution in [3.8, 4) is 0 Å². The first kappa shape index (κ1) is 10.5. The monoisotopic (exact) mass is 240 g/mol. The van der Waals surface area contributed by atoms with Gasteiger partial charge in [0.2, 0.25) is 0 Å². The number of fused-ring (bicyclic) bond motifs is 1. The topological polar surface area (TPSA) is 54.4 Å². The molecule has 0 aliphatic rings. The van der Waals surface area contributed by atoms with E-state index < -0.39 is 10.1 Å². The lowest BCUT2D eigenvalue weighted by atomic mass is 10.1. The Balaban J connectivity index is 2.88. The molecule has 2 aromatic rings. The van der Waals surface area contributed by atoms with Crippen LogP contribution in [0.15, 0.2) is 46.2 Å². The summed E-state index contributed by atoms with van der Waals surface area (Å²) < 4.78 is 31.0. The molecular weight excluding hydrogens is 232 g/mol. The van der Waals surface area contributed by atoms with E-state index in [4.69, 9.17) is 4.55 Å². The second kappa shape index (κ2) is 3.52. The quantitative estimate of drug-likeness (QED) is 0.594. The molecule has 1 N–H and O–H groups in total. The molecule has 0 saturated heterocycles. The van der Waals surface area contributed by atoms with Gasteiger partial charge in [-0.3, -0.25) is 4.55 Å². The van der Waals surface area contributed by atoms with Gasteiger partial charge in [0, 0.05) is 4.90 Å². The molecule has 0 amide bonds. The first-order valence-corrected chi connectivity index (χ1v) is 6.07. The van der Waals surface area contributed by atoms with Crippen molar-refractivity contribution in [1.82, 2.24) is 0 Å². The minimum atomic E-state index is -4.20. The van der Waals surface area contributed by atoms with Crippen LogP contribution in [0.2, 0.25) is 0 Å². The van der Waals surface area contributed by atoms with E-state index >= 15 is 0 Å². The summed E-state index contributed by atoms with van der Waals surface area (Å²) in [4.78, 5) is 0.111. The summed E-state index contributed by atoms with van der Waals surface area (Å²) in [5.74, 6) is 0. The van der Waals surface area contributed by atoms with Gasteiger partial charge in [0.15, 0.2) is 0 Å². The first-order chi connectivity index (χ1) is 7.00. The van der Waals surface area contributed by atoms with E-state index in [-0.39, 0.29) is 9.79 Å². The highest BCUT2D eigenvalue weighted by atomic mass is 32.2. The summed E-state index contributed by atoms with van der Waals surface area (Å²) in [6, 6.07) is 10.2. The van der Waals surface area contributed by atoms with Gasteiger partial charge in [-0.2, -0.15) is 8.42 Å². The zero-order chi connectivity index (χ0) is 11.1. The molecule has 0 fully saturated rings. The molecule has 5 heteroatoms. The van der Waals surface area contributed by atoms with Gasteiger partial charge in [-0.15, -0.1) is 12.6 Å². The molecule has 15 heavy (non-hydrogen) atoms. The highest BCUT2D eigenvalue weighted by Gasteiger charge is 2.14. The van der Waals surface area contributed by atoms with Gasteiger partial charge in [-0.25, -0.2) is 0 Å². The minimum absolute atomic E-state index is 0.162. The predicted octanol–water partition coefficient (Wildman–Crippen LogP) is 2.38. The van der Waals surface area contributed by atoms with Crippen LogP contribution in [0.4, 0.5) is 0 Å². The highest BCUT2D eigenvalue weighted by Crippen LogP contribution is 2.28. The summed E-state index contributed by atoms with van der Waals surface area (Å²) in [6.07, 6.45) is 0. The largest absolute Gasteiger partial charge is 0.295 e. The van der Waals surface area contributed by atoms with E-state index in [1.54, 1.807) is 18.2 Å². The second-order valence-corrected chi connectivity index (χ2v) is 4.95. The lowest BCUT2D eigenvalue weighted by molar-refractivity contribution is 0.481. The van der Waals surface area contributed by atoms with Crippen molar-refractivity contribution in [2.24, 2.45) is 0 Å². The summed E-state index contributed by atoms with van der Waals surface area (Å²) in [5.41, 5.74) is 0. The third-order valence-corrected chi connectivity index (χ3v) is 3.67. The van der Waals surface area contributed by atoms with E-state index in [0.29, 0.717) is 5.39 Å². The minimum Gasteiger partial charge on any atom is -0.282 e. The second-order valence-electron chi connectivity index (χ2n) is 3.11. The zero-order valence-corrected chi connectivity index (χ0v) is 9.29. The fraction of sp³-hybridized carbons (Fsp3) is 0. The first-order valence-electron chi connectivity index (χ1n) is 4.18. The standard InChI is InChI=1S/C10H8O3S2/c11-15(12,13)9-6-5-7-3-1-2-4-8(7)10(9)14/h1-6,14H,(H,11,12,13). The summed E-state index contributed by atoms with van der Waals surface area (Å²) in [5, 5.41) is 1.59. The predicted molar refractivity (Wildman–Crippen MR) is 61.0 cm³/mol. The lowest BCUT2D eigenvalue weighted by Crippen LogP contribution is -1.99. The molecule has 0 spiro atoms. The molecule has 0 aromatic heterocycles. The Labute approximate surface area is 92.9 Å². The Kier molecular flexibility index (Phi) is 2.46. The fourth-order valence-electron chi connectivity index (χ4n) is 1.44. The van der Waals surface area contributed by atoms with Gasteiger partial charge in [0.25, 0.3) is 10.1 Å². The van der Waals surface area contributed by atoms with Crippen LogP contribution < -0.4 is 0 Å². The lowest BCUT2D eigenvalue weighted by Gasteiger charge is -2.05. The van der Waals surface area contributed by atoms with E-state index in [9.17, 15) is 8.42 Å². The maximum atomic E-state index is 11.0. The Morgan fingerprint density at radius 2 is 1.73 bits per heavy atom. The molecule has 3 nitrogen and oxygen atoms in total. The normalized spacial score (nSPS) is 11.9. The number of thiol groups is 1. The van der Waals surface area contributed by atoms with Crippen molar-refractivity contribution in [2.45, 2.75) is 9.79 Å². The van der Waals surface area contributed by atoms with Gasteiger partial charge in [0.1, 0.15) is 4.90 Å². The Morgan fingerprint density at radius 3 is 2.40 bits per heavy atom. The number of hydrogen-bond donors (Lipinski definition) is 2. The van der Waals surface area contributed by atoms with E-state index in [0.717, 1.165) is 5.39 Å². The molecule has 0 atom stereocenters. The Morgan fingerprint density at radius 1 is 1.07 bits per heavy atom. The third kappa shape index (κ3) is 1.86. The van der Waals surface area contributed by atoms with Crippen molar-refractivity contribution in [3.05, 3.63) is 36.4 Å². The van der Waals surface area contributed by atoms with Crippen LogP contribution in [0.3, 0.4) is 0 Å². The van der Waals surface area contributed by atoms with Gasteiger partial charge >= 0.3 is 0 Å². The van der Waals surface area contributed by atoms with Crippen molar-refractivity contribution < 1.29 is 13.0 Å². The van der Waals surface area contributed by atoms with E-state index in [1.165, 1.54) is 6.07 Å². The van der Waals surface area contributed by atoms with Crippen LogP contribution in [0.5, 0.6) is 0 Å². The van der Waals surface area contributed by atoms with Crippen LogP contribution in [0, 0.1) is 0 Å². The maximum absolute atomic E-state index is 11.0. The summed E-state index contributed by atoms with van der Waals surface area (Å²) in [7, 11) is -4.20. The van der Waals surface area contributed by atoms with Crippen LogP contribution in [0.1, 0.15) is 0 Å². The molecule has 78 valence electrons. The van der Waals surface area contributed by atoms with Crippen molar-refractivity contribution >= 4 is 33.5 Å². The highest BCUT2D eigenvalue weighted by molar-refractivity contribution is 7.87.